The van der Waals surface area contributed by atoms with Crippen molar-refractivity contribution in [3.8, 4) is 0 Å². The van der Waals surface area contributed by atoms with Crippen LogP contribution in [0.4, 0.5) is 0 Å². The van der Waals surface area contributed by atoms with Crippen LogP contribution in [0.1, 0.15) is 43.0 Å². The molecule has 0 aliphatic carbocycles. The zero-order chi connectivity index (χ0) is 18.4. The third kappa shape index (κ3) is 5.46. The Morgan fingerprint density at radius 1 is 1.28 bits per heavy atom. The molecule has 2 unspecified atom stereocenters. The monoisotopic (exact) mass is 366 g/mol. The molecule has 1 aromatic rings. The van der Waals surface area contributed by atoms with Crippen LogP contribution in [0.3, 0.4) is 0 Å². The van der Waals surface area contributed by atoms with Crippen LogP contribution in [0, 0.1) is 5.92 Å². The molecule has 25 heavy (non-hydrogen) atoms. The summed E-state index contributed by atoms with van der Waals surface area (Å²) in [5, 5.41) is 12.6. The number of nitrogens with zero attached hydrogens (tertiary/aromatic N) is 1. The number of benzene rings is 1. The van der Waals surface area contributed by atoms with Gasteiger partial charge in [-0.25, -0.2) is 4.79 Å². The zero-order valence-electron chi connectivity index (χ0n) is 14.2. The van der Waals surface area contributed by atoms with Gasteiger partial charge in [0.05, 0.1) is 0 Å². The van der Waals surface area contributed by atoms with Gasteiger partial charge in [0.15, 0.2) is 0 Å². The molecule has 1 aliphatic rings. The first-order chi connectivity index (χ1) is 11.9. The fraction of sp³-hybridized carbons (Fsp3) is 0.500. The predicted octanol–water partition coefficient (Wildman–Crippen LogP) is 2.56. The highest BCUT2D eigenvalue weighted by molar-refractivity contribution is 6.30. The Kier molecular flexibility index (Phi) is 6.82. The van der Waals surface area contributed by atoms with E-state index in [-0.39, 0.29) is 18.2 Å². The summed E-state index contributed by atoms with van der Waals surface area (Å²) in [6.45, 7) is 2.84. The van der Waals surface area contributed by atoms with Crippen molar-refractivity contribution in [3.05, 3.63) is 34.9 Å². The lowest BCUT2D eigenvalue weighted by atomic mass is 9.92. The molecule has 1 aromatic carbocycles. The fourth-order valence-corrected chi connectivity index (χ4v) is 3.09. The number of nitrogens with one attached hydrogen (secondary N) is 1. The molecule has 0 radical (unpaired) electrons. The molecule has 0 spiro atoms. The van der Waals surface area contributed by atoms with Gasteiger partial charge in [0.25, 0.3) is 5.91 Å². The first-order valence-corrected chi connectivity index (χ1v) is 8.82. The second kappa shape index (κ2) is 8.85. The second-order valence-corrected chi connectivity index (χ2v) is 6.87. The van der Waals surface area contributed by atoms with E-state index in [0.717, 1.165) is 6.42 Å². The summed E-state index contributed by atoms with van der Waals surface area (Å²) in [5.74, 6) is -1.03. The van der Waals surface area contributed by atoms with Crippen LogP contribution < -0.4 is 5.32 Å². The molecule has 6 nitrogen and oxygen atoms in total. The van der Waals surface area contributed by atoms with Crippen LogP contribution in [0.5, 0.6) is 0 Å². The molecule has 2 N–H and O–H groups in total. The van der Waals surface area contributed by atoms with E-state index in [0.29, 0.717) is 42.4 Å². The first kappa shape index (κ1) is 19.2. The number of likely N-dealkylation sites (tertiary alicyclic amines) is 1. The Morgan fingerprint density at radius 2 is 1.96 bits per heavy atom. The maximum Gasteiger partial charge on any atom is 0.326 e. The fourth-order valence-electron chi connectivity index (χ4n) is 2.96. The lowest BCUT2D eigenvalue weighted by molar-refractivity contribution is -0.153. The van der Waals surface area contributed by atoms with E-state index in [1.54, 1.807) is 24.3 Å². The van der Waals surface area contributed by atoms with Gasteiger partial charge in [-0.05, 0) is 49.4 Å². The number of piperidine rings is 1. The molecule has 7 heteroatoms. The van der Waals surface area contributed by atoms with Crippen molar-refractivity contribution >= 4 is 29.4 Å². The highest BCUT2D eigenvalue weighted by Gasteiger charge is 2.34. The lowest BCUT2D eigenvalue weighted by Gasteiger charge is -2.36. The SMILES string of the molecule is CC1CCN(C(=O)CCCNC(=O)c2ccc(Cl)cc2)C(C(=O)O)C1. The van der Waals surface area contributed by atoms with Crippen molar-refractivity contribution in [2.75, 3.05) is 13.1 Å². The molecule has 2 rings (SSSR count). The Morgan fingerprint density at radius 3 is 2.60 bits per heavy atom. The standard InChI is InChI=1S/C18H23ClN2O4/c1-12-8-10-21(15(11-12)18(24)25)16(22)3-2-9-20-17(23)13-4-6-14(19)7-5-13/h4-7,12,15H,2-3,8-11H2,1H3,(H,20,23)(H,24,25). The number of hydrogen-bond acceptors (Lipinski definition) is 3. The summed E-state index contributed by atoms with van der Waals surface area (Å²) in [6, 6.07) is 5.82. The number of rotatable bonds is 6. The summed E-state index contributed by atoms with van der Waals surface area (Å²) in [4.78, 5) is 37.1. The van der Waals surface area contributed by atoms with E-state index in [2.05, 4.69) is 5.32 Å². The highest BCUT2D eigenvalue weighted by Crippen LogP contribution is 2.23. The molecule has 0 saturated carbocycles. The van der Waals surface area contributed by atoms with Gasteiger partial charge in [-0.2, -0.15) is 0 Å². The van der Waals surface area contributed by atoms with Crippen LogP contribution >= 0.6 is 11.6 Å². The van der Waals surface area contributed by atoms with Gasteiger partial charge in [0.2, 0.25) is 5.91 Å². The van der Waals surface area contributed by atoms with E-state index in [1.807, 2.05) is 6.92 Å². The quantitative estimate of drug-likeness (QED) is 0.757. The van der Waals surface area contributed by atoms with Crippen LogP contribution in [0.2, 0.25) is 5.02 Å². The third-order valence-electron chi connectivity index (χ3n) is 4.43. The van der Waals surface area contributed by atoms with Crippen LogP contribution in [-0.2, 0) is 9.59 Å². The number of carbonyl (C=O) groups excluding carboxylic acids is 2. The summed E-state index contributed by atoms with van der Waals surface area (Å²) in [6.07, 6.45) is 2.01. The van der Waals surface area contributed by atoms with Crippen molar-refractivity contribution < 1.29 is 19.5 Å². The number of hydrogen-bond donors (Lipinski definition) is 2. The molecule has 0 bridgehead atoms. The minimum atomic E-state index is -0.948. The highest BCUT2D eigenvalue weighted by atomic mass is 35.5. The first-order valence-electron chi connectivity index (χ1n) is 8.44. The van der Waals surface area contributed by atoms with Gasteiger partial charge in [-0.1, -0.05) is 18.5 Å². The second-order valence-electron chi connectivity index (χ2n) is 6.44. The summed E-state index contributed by atoms with van der Waals surface area (Å²) < 4.78 is 0. The van der Waals surface area contributed by atoms with Crippen LogP contribution in [0.15, 0.2) is 24.3 Å². The van der Waals surface area contributed by atoms with Crippen molar-refractivity contribution in [1.29, 1.82) is 0 Å². The van der Waals surface area contributed by atoms with Gasteiger partial charge < -0.3 is 15.3 Å². The van der Waals surface area contributed by atoms with E-state index < -0.39 is 12.0 Å². The minimum Gasteiger partial charge on any atom is -0.480 e. The number of amides is 2. The molecule has 1 heterocycles. The smallest absolute Gasteiger partial charge is 0.326 e. The van der Waals surface area contributed by atoms with Crippen molar-refractivity contribution in [2.24, 2.45) is 5.92 Å². The van der Waals surface area contributed by atoms with E-state index in [9.17, 15) is 19.5 Å². The number of carboxylic acids is 1. The molecular formula is C18H23ClN2O4. The molecular weight excluding hydrogens is 344 g/mol. The average Bonchev–Trinajstić information content (AvgIpc) is 2.58. The number of halogens is 1. The van der Waals surface area contributed by atoms with Crippen LogP contribution in [0.25, 0.3) is 0 Å². The third-order valence-corrected chi connectivity index (χ3v) is 4.68. The molecule has 2 atom stereocenters. The summed E-state index contributed by atoms with van der Waals surface area (Å²) in [5.41, 5.74) is 0.506. The van der Waals surface area contributed by atoms with Crippen molar-refractivity contribution in [1.82, 2.24) is 10.2 Å². The molecule has 2 amide bonds. The minimum absolute atomic E-state index is 0.167. The normalized spacial score (nSPS) is 20.2. The zero-order valence-corrected chi connectivity index (χ0v) is 15.0. The largest absolute Gasteiger partial charge is 0.480 e. The maximum atomic E-state index is 12.3. The predicted molar refractivity (Wildman–Crippen MR) is 94.6 cm³/mol. The summed E-state index contributed by atoms with van der Waals surface area (Å²) >= 11 is 5.78. The van der Waals surface area contributed by atoms with Gasteiger partial charge in [0.1, 0.15) is 6.04 Å². The topological polar surface area (TPSA) is 86.7 Å². The van der Waals surface area contributed by atoms with Crippen molar-refractivity contribution in [2.45, 2.75) is 38.6 Å². The van der Waals surface area contributed by atoms with Gasteiger partial charge in [0, 0.05) is 30.1 Å². The van der Waals surface area contributed by atoms with Gasteiger partial charge in [-0.15, -0.1) is 0 Å². The van der Waals surface area contributed by atoms with Gasteiger partial charge in [-0.3, -0.25) is 9.59 Å². The molecule has 136 valence electrons. The van der Waals surface area contributed by atoms with Crippen LogP contribution in [-0.4, -0.2) is 46.9 Å². The Bertz CT molecular complexity index is 632. The molecule has 1 saturated heterocycles. The number of carbonyl (C=O) groups is 3. The van der Waals surface area contributed by atoms with E-state index >= 15 is 0 Å². The van der Waals surface area contributed by atoms with Crippen molar-refractivity contribution in [3.63, 3.8) is 0 Å². The van der Waals surface area contributed by atoms with Gasteiger partial charge >= 0.3 is 5.97 Å². The average molecular weight is 367 g/mol. The van der Waals surface area contributed by atoms with E-state index in [4.69, 9.17) is 11.6 Å². The Hall–Kier alpha value is -2.08. The maximum absolute atomic E-state index is 12.3. The molecule has 1 fully saturated rings. The summed E-state index contributed by atoms with van der Waals surface area (Å²) in [7, 11) is 0. The molecule has 0 aromatic heterocycles. The molecule has 1 aliphatic heterocycles. The van der Waals surface area contributed by atoms with E-state index in [1.165, 1.54) is 4.90 Å². The Balaban J connectivity index is 1.77. The number of aliphatic carboxylic acids is 1. The Labute approximate surface area is 152 Å². The number of carboxylic acid groups (broad SMARTS) is 1. The lowest BCUT2D eigenvalue weighted by Crippen LogP contribution is -2.49.